The van der Waals surface area contributed by atoms with Crippen LogP contribution in [0.1, 0.15) is 24.2 Å². The maximum Gasteiger partial charge on any atom is 0.253 e. The first kappa shape index (κ1) is 21.6. The van der Waals surface area contributed by atoms with Crippen LogP contribution >= 0.6 is 11.6 Å². The Bertz CT molecular complexity index is 1490. The molecule has 9 nitrogen and oxygen atoms in total. The highest BCUT2D eigenvalue weighted by Gasteiger charge is 2.15. The Labute approximate surface area is 198 Å². The van der Waals surface area contributed by atoms with Crippen LogP contribution in [0.5, 0.6) is 5.75 Å². The fourth-order valence-corrected chi connectivity index (χ4v) is 3.71. The number of aromatic amines is 1. The highest BCUT2D eigenvalue weighted by Crippen LogP contribution is 2.30. The zero-order chi connectivity index (χ0) is 23.5. The molecule has 2 N–H and O–H groups in total. The first-order valence-corrected chi connectivity index (χ1v) is 10.8. The van der Waals surface area contributed by atoms with Gasteiger partial charge in [-0.05, 0) is 37.3 Å². The van der Waals surface area contributed by atoms with Gasteiger partial charge in [0.15, 0.2) is 0 Å². The second-order valence-corrected chi connectivity index (χ2v) is 7.99. The Hall–Kier alpha value is -4.24. The van der Waals surface area contributed by atoms with Crippen molar-refractivity contribution >= 4 is 28.5 Å². The van der Waals surface area contributed by atoms with Gasteiger partial charge in [0, 0.05) is 29.4 Å². The maximum absolute atomic E-state index is 12.9. The van der Waals surface area contributed by atoms with Crippen molar-refractivity contribution in [3.05, 3.63) is 94.0 Å². The fraction of sp³-hybridized carbons (Fsp3) is 0.125. The van der Waals surface area contributed by atoms with Crippen molar-refractivity contribution in [2.75, 3.05) is 5.32 Å². The molecule has 0 fully saturated rings. The van der Waals surface area contributed by atoms with E-state index in [0.29, 0.717) is 33.5 Å². The second kappa shape index (κ2) is 9.32. The molecule has 4 heterocycles. The molecule has 5 aromatic rings. The molecule has 34 heavy (non-hydrogen) atoms. The number of ether oxygens (including phenoxy) is 1. The van der Waals surface area contributed by atoms with Crippen LogP contribution in [0.3, 0.4) is 0 Å². The number of anilines is 1. The van der Waals surface area contributed by atoms with E-state index < -0.39 is 0 Å². The van der Waals surface area contributed by atoms with Crippen LogP contribution < -0.4 is 15.6 Å². The maximum atomic E-state index is 12.9. The number of hydrogen-bond acceptors (Lipinski definition) is 8. The molecule has 0 amide bonds. The predicted molar refractivity (Wildman–Crippen MR) is 128 cm³/mol. The van der Waals surface area contributed by atoms with Crippen LogP contribution in [0, 0.1) is 0 Å². The number of fused-ring (bicyclic) bond motifs is 1. The number of nitrogens with zero attached hydrogens (tertiary/aromatic N) is 4. The second-order valence-electron chi connectivity index (χ2n) is 7.58. The Morgan fingerprint density at radius 3 is 2.88 bits per heavy atom. The average Bonchev–Trinajstić information content (AvgIpc) is 3.39. The number of rotatable bonds is 7. The van der Waals surface area contributed by atoms with Gasteiger partial charge in [0.25, 0.3) is 5.56 Å². The van der Waals surface area contributed by atoms with Crippen molar-refractivity contribution in [1.29, 1.82) is 0 Å². The van der Waals surface area contributed by atoms with Crippen LogP contribution in [-0.4, -0.2) is 25.1 Å². The lowest BCUT2D eigenvalue weighted by molar-refractivity contribution is 0.302. The number of nitrogens with one attached hydrogen (secondary N) is 2. The summed E-state index contributed by atoms with van der Waals surface area (Å²) in [6, 6.07) is 12.2. The molecule has 0 saturated heterocycles. The summed E-state index contributed by atoms with van der Waals surface area (Å²) in [5.41, 5.74) is 3.07. The zero-order valence-corrected chi connectivity index (χ0v) is 18.8. The molecule has 170 valence electrons. The molecule has 0 bridgehead atoms. The summed E-state index contributed by atoms with van der Waals surface area (Å²) in [6.07, 6.45) is 6.40. The van der Waals surface area contributed by atoms with Crippen LogP contribution in [0.4, 0.5) is 5.95 Å². The molecule has 0 radical (unpaired) electrons. The van der Waals surface area contributed by atoms with Crippen molar-refractivity contribution < 1.29 is 9.26 Å². The lowest BCUT2D eigenvalue weighted by Crippen LogP contribution is -2.20. The van der Waals surface area contributed by atoms with Crippen molar-refractivity contribution in [2.24, 2.45) is 0 Å². The third-order valence-corrected chi connectivity index (χ3v) is 5.52. The largest absolute Gasteiger partial charge is 0.486 e. The zero-order valence-electron chi connectivity index (χ0n) is 18.0. The molecule has 0 unspecified atom stereocenters. The first-order valence-electron chi connectivity index (χ1n) is 10.5. The van der Waals surface area contributed by atoms with Gasteiger partial charge in [0.1, 0.15) is 18.6 Å². The molecule has 10 heteroatoms. The third kappa shape index (κ3) is 4.60. The quantitative estimate of drug-likeness (QED) is 0.346. The van der Waals surface area contributed by atoms with Crippen LogP contribution in [-0.2, 0) is 6.61 Å². The van der Waals surface area contributed by atoms with Crippen molar-refractivity contribution in [2.45, 2.75) is 19.6 Å². The van der Waals surface area contributed by atoms with E-state index in [1.807, 2.05) is 25.1 Å². The van der Waals surface area contributed by atoms with Crippen molar-refractivity contribution in [1.82, 2.24) is 25.1 Å². The van der Waals surface area contributed by atoms with E-state index in [1.165, 1.54) is 6.26 Å². The number of benzene rings is 1. The number of pyridine rings is 2. The molecule has 0 spiro atoms. The molecular weight excluding hydrogens is 456 g/mol. The van der Waals surface area contributed by atoms with Crippen molar-refractivity contribution in [3.63, 3.8) is 0 Å². The van der Waals surface area contributed by atoms with E-state index in [2.05, 4.69) is 30.4 Å². The summed E-state index contributed by atoms with van der Waals surface area (Å²) in [5, 5.41) is 8.08. The molecule has 1 aromatic carbocycles. The average molecular weight is 475 g/mol. The van der Waals surface area contributed by atoms with Gasteiger partial charge in [-0.15, -0.1) is 0 Å². The number of aromatic nitrogens is 5. The van der Waals surface area contributed by atoms with Crippen LogP contribution in [0.2, 0.25) is 5.02 Å². The fourth-order valence-electron chi connectivity index (χ4n) is 3.48. The summed E-state index contributed by atoms with van der Waals surface area (Å²) >= 11 is 6.45. The number of H-pyrrole nitrogens is 1. The smallest absolute Gasteiger partial charge is 0.253 e. The van der Waals surface area contributed by atoms with Gasteiger partial charge in [0.2, 0.25) is 5.95 Å². The van der Waals surface area contributed by atoms with Crippen molar-refractivity contribution in [3.8, 4) is 17.0 Å². The Morgan fingerprint density at radius 1 is 1.18 bits per heavy atom. The summed E-state index contributed by atoms with van der Waals surface area (Å²) in [7, 11) is 0. The van der Waals surface area contributed by atoms with E-state index in [1.54, 1.807) is 42.9 Å². The Kier molecular flexibility index (Phi) is 5.92. The highest BCUT2D eigenvalue weighted by molar-refractivity contribution is 6.32. The lowest BCUT2D eigenvalue weighted by atomic mass is 10.1. The summed E-state index contributed by atoms with van der Waals surface area (Å²) in [6.45, 7) is 2.13. The minimum Gasteiger partial charge on any atom is -0.486 e. The van der Waals surface area contributed by atoms with Gasteiger partial charge in [-0.3, -0.25) is 9.78 Å². The molecule has 1 atom stereocenters. The molecule has 4 aromatic heterocycles. The van der Waals surface area contributed by atoms with E-state index in [9.17, 15) is 4.79 Å². The predicted octanol–water partition coefficient (Wildman–Crippen LogP) is 4.77. The highest BCUT2D eigenvalue weighted by atomic mass is 35.5. The van der Waals surface area contributed by atoms with E-state index >= 15 is 0 Å². The first-order chi connectivity index (χ1) is 16.6. The summed E-state index contributed by atoms with van der Waals surface area (Å²) in [4.78, 5) is 28.7. The van der Waals surface area contributed by atoms with Crippen LogP contribution in [0.15, 0.2) is 76.6 Å². The SMILES string of the molecule is C[C@H](Nc1nccc(-c2cnoc2)n1)c1cc2cc(Cl)c(OCc3ccccn3)cc2[nH]c1=O. The number of halogens is 1. The third-order valence-electron chi connectivity index (χ3n) is 5.22. The molecule has 0 aliphatic heterocycles. The van der Waals surface area contributed by atoms with Gasteiger partial charge in [-0.2, -0.15) is 0 Å². The summed E-state index contributed by atoms with van der Waals surface area (Å²) in [5.74, 6) is 0.843. The van der Waals surface area contributed by atoms with Gasteiger partial charge in [-0.1, -0.05) is 22.8 Å². The van der Waals surface area contributed by atoms with E-state index in [4.69, 9.17) is 20.9 Å². The lowest BCUT2D eigenvalue weighted by Gasteiger charge is -2.15. The molecule has 0 aliphatic carbocycles. The molecule has 0 aliphatic rings. The van der Waals surface area contributed by atoms with Gasteiger partial charge in [-0.25, -0.2) is 9.97 Å². The normalized spacial score (nSPS) is 11.9. The topological polar surface area (TPSA) is 119 Å². The van der Waals surface area contributed by atoms with Gasteiger partial charge in [0.05, 0.1) is 39.7 Å². The van der Waals surface area contributed by atoms with Crippen LogP contribution in [0.25, 0.3) is 22.2 Å². The van der Waals surface area contributed by atoms with Gasteiger partial charge < -0.3 is 19.6 Å². The van der Waals surface area contributed by atoms with E-state index in [0.717, 1.165) is 16.6 Å². The molecule has 5 rings (SSSR count). The number of hydrogen-bond donors (Lipinski definition) is 2. The Balaban J connectivity index is 1.38. The monoisotopic (exact) mass is 474 g/mol. The van der Waals surface area contributed by atoms with E-state index in [-0.39, 0.29) is 18.2 Å². The molecule has 0 saturated carbocycles. The standard InChI is InChI=1S/C24H19ClN6O3/c1-14(29-24-27-7-5-20(31-24)16-11-28-34-12-16)18-8-15-9-19(25)22(10-21(15)30-23(18)32)33-13-17-4-2-3-6-26-17/h2-12,14H,13H2,1H3,(H,30,32)(H,27,29,31)/t14-/m0/s1. The molecular formula is C24H19ClN6O3. The minimum atomic E-state index is -0.371. The van der Waals surface area contributed by atoms with Gasteiger partial charge >= 0.3 is 0 Å². The minimum absolute atomic E-state index is 0.235. The Morgan fingerprint density at radius 2 is 2.09 bits per heavy atom. The summed E-state index contributed by atoms with van der Waals surface area (Å²) < 4.78 is 10.7.